The highest BCUT2D eigenvalue weighted by Gasteiger charge is 2.20. The molecule has 1 fully saturated rings. The summed E-state index contributed by atoms with van der Waals surface area (Å²) in [7, 11) is 0. The lowest BCUT2D eigenvalue weighted by atomic mass is 9.89. The van der Waals surface area contributed by atoms with Crippen molar-refractivity contribution < 1.29 is 9.53 Å². The van der Waals surface area contributed by atoms with Gasteiger partial charge in [-0.25, -0.2) is 4.79 Å². The Labute approximate surface area is 128 Å². The van der Waals surface area contributed by atoms with Gasteiger partial charge in [-0.3, -0.25) is 0 Å². The minimum Gasteiger partial charge on any atom is -0.462 e. The van der Waals surface area contributed by atoms with Gasteiger partial charge in [0.2, 0.25) is 0 Å². The molecule has 1 heterocycles. The first-order valence-electron chi connectivity index (χ1n) is 8.10. The summed E-state index contributed by atoms with van der Waals surface area (Å²) in [5.41, 5.74) is 1.97. The van der Waals surface area contributed by atoms with Crippen LogP contribution in [0.4, 0.5) is 0 Å². The van der Waals surface area contributed by atoms with E-state index in [-0.39, 0.29) is 5.97 Å². The van der Waals surface area contributed by atoms with Gasteiger partial charge in [0.15, 0.2) is 0 Å². The Balaban J connectivity index is 1.85. The van der Waals surface area contributed by atoms with Crippen LogP contribution >= 0.6 is 0 Å². The zero-order valence-electron chi connectivity index (χ0n) is 13.5. The quantitative estimate of drug-likeness (QED) is 0.777. The van der Waals surface area contributed by atoms with Gasteiger partial charge in [0.05, 0.1) is 12.2 Å². The molecule has 1 aromatic rings. The van der Waals surface area contributed by atoms with E-state index in [9.17, 15) is 4.79 Å². The molecule has 0 spiro atoms. The predicted octanol–water partition coefficient (Wildman–Crippen LogP) is 3.53. The Hall–Kier alpha value is -1.35. The van der Waals surface area contributed by atoms with Crippen molar-refractivity contribution in [3.63, 3.8) is 0 Å². The number of carbonyl (C=O) groups is 1. The molecule has 3 heteroatoms. The second-order valence-corrected chi connectivity index (χ2v) is 6.19. The zero-order valence-corrected chi connectivity index (χ0v) is 13.5. The van der Waals surface area contributed by atoms with Crippen LogP contribution in [-0.4, -0.2) is 36.6 Å². The molecule has 0 aromatic heterocycles. The number of hydrogen-bond acceptors (Lipinski definition) is 3. The van der Waals surface area contributed by atoms with Crippen LogP contribution in [0.1, 0.15) is 49.5 Å². The summed E-state index contributed by atoms with van der Waals surface area (Å²) in [5.74, 6) is 0.544. The van der Waals surface area contributed by atoms with E-state index >= 15 is 0 Å². The highest BCUT2D eigenvalue weighted by Crippen LogP contribution is 2.23. The summed E-state index contributed by atoms with van der Waals surface area (Å²) in [6.45, 7) is 9.22. The molecule has 0 unspecified atom stereocenters. The maximum absolute atomic E-state index is 11.6. The molecule has 0 amide bonds. The summed E-state index contributed by atoms with van der Waals surface area (Å²) < 4.78 is 5.01. The molecule has 0 saturated carbocycles. The fourth-order valence-electron chi connectivity index (χ4n) is 3.00. The van der Waals surface area contributed by atoms with E-state index in [2.05, 4.69) is 30.9 Å². The largest absolute Gasteiger partial charge is 0.462 e. The number of piperidine rings is 1. The van der Waals surface area contributed by atoms with Crippen molar-refractivity contribution in [2.24, 2.45) is 5.92 Å². The number of ether oxygens (including phenoxy) is 1. The van der Waals surface area contributed by atoms with Crippen LogP contribution < -0.4 is 0 Å². The van der Waals surface area contributed by atoms with Crippen LogP contribution in [0.5, 0.6) is 0 Å². The van der Waals surface area contributed by atoms with Crippen LogP contribution in [0.25, 0.3) is 0 Å². The summed E-state index contributed by atoms with van der Waals surface area (Å²) in [6.07, 6.45) is 3.67. The van der Waals surface area contributed by atoms with Gasteiger partial charge in [-0.2, -0.15) is 0 Å². The van der Waals surface area contributed by atoms with E-state index in [4.69, 9.17) is 4.74 Å². The third-order valence-electron chi connectivity index (χ3n) is 4.37. The smallest absolute Gasteiger partial charge is 0.338 e. The van der Waals surface area contributed by atoms with Gasteiger partial charge in [0.25, 0.3) is 0 Å². The fourth-order valence-corrected chi connectivity index (χ4v) is 3.00. The number of likely N-dealkylation sites (tertiary alicyclic amines) is 1. The maximum atomic E-state index is 11.6. The molecule has 1 aliphatic heterocycles. The topological polar surface area (TPSA) is 29.5 Å². The van der Waals surface area contributed by atoms with E-state index in [0.29, 0.717) is 18.2 Å². The van der Waals surface area contributed by atoms with Crippen molar-refractivity contribution in [1.29, 1.82) is 0 Å². The lowest BCUT2D eigenvalue weighted by Gasteiger charge is -2.34. The molecule has 0 bridgehead atoms. The standard InChI is InChI=1S/C18H27NO2/c1-4-21-18(20)17-7-5-15(6-8-17)13-16-9-11-19(12-10-16)14(2)3/h5-8,14,16H,4,9-13H2,1-3H3. The molecule has 116 valence electrons. The summed E-state index contributed by atoms with van der Waals surface area (Å²) >= 11 is 0. The van der Waals surface area contributed by atoms with Crippen LogP contribution in [0.15, 0.2) is 24.3 Å². The minimum atomic E-state index is -0.228. The molecule has 0 atom stereocenters. The highest BCUT2D eigenvalue weighted by atomic mass is 16.5. The van der Waals surface area contributed by atoms with Gasteiger partial charge in [0.1, 0.15) is 0 Å². The zero-order chi connectivity index (χ0) is 15.2. The van der Waals surface area contributed by atoms with Crippen molar-refractivity contribution in [1.82, 2.24) is 4.90 Å². The third kappa shape index (κ3) is 4.57. The summed E-state index contributed by atoms with van der Waals surface area (Å²) in [5, 5.41) is 0. The number of rotatable bonds is 5. The Morgan fingerprint density at radius 1 is 1.24 bits per heavy atom. The Bertz CT molecular complexity index is 445. The second kappa shape index (κ2) is 7.60. The monoisotopic (exact) mass is 289 g/mol. The first-order chi connectivity index (χ1) is 10.1. The van der Waals surface area contributed by atoms with Crippen molar-refractivity contribution in [3.8, 4) is 0 Å². The Morgan fingerprint density at radius 3 is 2.38 bits per heavy atom. The number of carbonyl (C=O) groups excluding carboxylic acids is 1. The van der Waals surface area contributed by atoms with E-state index in [1.807, 2.05) is 19.1 Å². The van der Waals surface area contributed by atoms with E-state index in [1.165, 1.54) is 31.5 Å². The number of esters is 1. The second-order valence-electron chi connectivity index (χ2n) is 6.19. The van der Waals surface area contributed by atoms with Crippen molar-refractivity contribution in [2.45, 2.75) is 46.1 Å². The predicted molar refractivity (Wildman–Crippen MR) is 85.5 cm³/mol. The fraction of sp³-hybridized carbons (Fsp3) is 0.611. The van der Waals surface area contributed by atoms with Gasteiger partial charge in [-0.15, -0.1) is 0 Å². The lowest BCUT2D eigenvalue weighted by molar-refractivity contribution is 0.0526. The highest BCUT2D eigenvalue weighted by molar-refractivity contribution is 5.89. The SMILES string of the molecule is CCOC(=O)c1ccc(CC2CCN(C(C)C)CC2)cc1. The summed E-state index contributed by atoms with van der Waals surface area (Å²) in [6, 6.07) is 8.57. The molecule has 1 aromatic carbocycles. The van der Waals surface area contributed by atoms with Gasteiger partial charge in [-0.05, 0) is 76.7 Å². The molecule has 1 aliphatic rings. The maximum Gasteiger partial charge on any atom is 0.338 e. The van der Waals surface area contributed by atoms with Gasteiger partial charge in [-0.1, -0.05) is 12.1 Å². The molecule has 1 saturated heterocycles. The summed E-state index contributed by atoms with van der Waals surface area (Å²) in [4.78, 5) is 14.2. The third-order valence-corrected chi connectivity index (χ3v) is 4.37. The Kier molecular flexibility index (Phi) is 5.80. The molecule has 0 N–H and O–H groups in total. The van der Waals surface area contributed by atoms with Crippen molar-refractivity contribution in [3.05, 3.63) is 35.4 Å². The Morgan fingerprint density at radius 2 is 1.86 bits per heavy atom. The van der Waals surface area contributed by atoms with E-state index in [1.54, 1.807) is 0 Å². The first kappa shape index (κ1) is 16.0. The van der Waals surface area contributed by atoms with Crippen molar-refractivity contribution in [2.75, 3.05) is 19.7 Å². The first-order valence-corrected chi connectivity index (χ1v) is 8.10. The molecule has 2 rings (SSSR count). The van der Waals surface area contributed by atoms with Crippen LogP contribution in [-0.2, 0) is 11.2 Å². The van der Waals surface area contributed by atoms with Gasteiger partial charge < -0.3 is 9.64 Å². The number of nitrogens with zero attached hydrogens (tertiary/aromatic N) is 1. The minimum absolute atomic E-state index is 0.228. The van der Waals surface area contributed by atoms with Crippen LogP contribution in [0.3, 0.4) is 0 Å². The molecular weight excluding hydrogens is 262 g/mol. The van der Waals surface area contributed by atoms with Crippen molar-refractivity contribution >= 4 is 5.97 Å². The van der Waals surface area contributed by atoms with Crippen LogP contribution in [0, 0.1) is 5.92 Å². The average molecular weight is 289 g/mol. The molecule has 0 aliphatic carbocycles. The molecule has 3 nitrogen and oxygen atoms in total. The van der Waals surface area contributed by atoms with Gasteiger partial charge >= 0.3 is 5.97 Å². The van der Waals surface area contributed by atoms with E-state index < -0.39 is 0 Å². The normalized spacial score (nSPS) is 17.1. The van der Waals surface area contributed by atoms with E-state index in [0.717, 1.165) is 12.3 Å². The van der Waals surface area contributed by atoms with Gasteiger partial charge in [0, 0.05) is 6.04 Å². The molecule has 21 heavy (non-hydrogen) atoms. The average Bonchev–Trinajstić information content (AvgIpc) is 2.49. The van der Waals surface area contributed by atoms with Crippen LogP contribution in [0.2, 0.25) is 0 Å². The molecular formula is C18H27NO2. The lowest BCUT2D eigenvalue weighted by Crippen LogP contribution is -2.38. The number of benzene rings is 1. The molecule has 0 radical (unpaired) electrons. The number of hydrogen-bond donors (Lipinski definition) is 0.